The molecule has 0 unspecified atom stereocenters. The predicted octanol–water partition coefficient (Wildman–Crippen LogP) is 2.48. The highest BCUT2D eigenvalue weighted by Gasteiger charge is 2.07. The Morgan fingerprint density at radius 1 is 1.30 bits per heavy atom. The van der Waals surface area contributed by atoms with Crippen LogP contribution in [-0.4, -0.2) is 26.8 Å². The number of benzene rings is 1. The number of carboxylic acids is 1. The molecule has 1 aromatic heterocycles. The number of rotatable bonds is 5. The minimum atomic E-state index is -0.897. The summed E-state index contributed by atoms with van der Waals surface area (Å²) in [6.45, 7) is 0. The summed E-state index contributed by atoms with van der Waals surface area (Å²) < 4.78 is 0. The number of halogens is 1. The summed E-state index contributed by atoms with van der Waals surface area (Å²) in [6.07, 6.45) is 0.517. The van der Waals surface area contributed by atoms with Crippen molar-refractivity contribution in [2.24, 2.45) is 0 Å². The van der Waals surface area contributed by atoms with Crippen LogP contribution in [0.3, 0.4) is 0 Å². The summed E-state index contributed by atoms with van der Waals surface area (Å²) in [5.41, 5.74) is 6.72. The average molecular weight is 310 g/mol. The van der Waals surface area contributed by atoms with Gasteiger partial charge in [-0.05, 0) is 17.7 Å². The Bertz CT molecular complexity index is 620. The van der Waals surface area contributed by atoms with Gasteiger partial charge in [0.25, 0.3) is 0 Å². The monoisotopic (exact) mass is 309 g/mol. The van der Waals surface area contributed by atoms with Crippen LogP contribution in [-0.2, 0) is 11.2 Å². The zero-order chi connectivity index (χ0) is 14.5. The van der Waals surface area contributed by atoms with E-state index in [0.717, 1.165) is 17.3 Å². The standard InChI is InChI=1S/C13H12ClN3O2S/c14-9-3-1-8(2-4-9)5-11-16-10(15)6-12(17-11)20-7-13(18)19/h1-4,6H,5,7H2,(H,18,19)(H2,15,16,17). The first-order valence-electron chi connectivity index (χ1n) is 5.75. The number of nitrogens with zero attached hydrogens (tertiary/aromatic N) is 2. The molecule has 0 aliphatic heterocycles. The van der Waals surface area contributed by atoms with Gasteiger partial charge in [0.05, 0.1) is 5.75 Å². The molecule has 7 heteroatoms. The number of aliphatic carboxylic acids is 1. The number of hydrogen-bond acceptors (Lipinski definition) is 5. The van der Waals surface area contributed by atoms with Crippen LogP contribution in [0.4, 0.5) is 5.82 Å². The van der Waals surface area contributed by atoms with Crippen molar-refractivity contribution in [2.75, 3.05) is 11.5 Å². The molecule has 20 heavy (non-hydrogen) atoms. The largest absolute Gasteiger partial charge is 0.481 e. The van der Waals surface area contributed by atoms with Crippen LogP contribution >= 0.6 is 23.4 Å². The second-order valence-electron chi connectivity index (χ2n) is 4.03. The maximum absolute atomic E-state index is 10.6. The van der Waals surface area contributed by atoms with Gasteiger partial charge in [0.15, 0.2) is 0 Å². The maximum atomic E-state index is 10.6. The summed E-state index contributed by atoms with van der Waals surface area (Å²) in [4.78, 5) is 19.0. The van der Waals surface area contributed by atoms with Gasteiger partial charge in [0.2, 0.25) is 0 Å². The van der Waals surface area contributed by atoms with E-state index >= 15 is 0 Å². The highest BCUT2D eigenvalue weighted by atomic mass is 35.5. The molecule has 2 rings (SSSR count). The Morgan fingerprint density at radius 3 is 2.65 bits per heavy atom. The van der Waals surface area contributed by atoms with Gasteiger partial charge in [-0.1, -0.05) is 35.5 Å². The van der Waals surface area contributed by atoms with Crippen LogP contribution in [0.15, 0.2) is 35.4 Å². The first-order chi connectivity index (χ1) is 9.52. The van der Waals surface area contributed by atoms with E-state index in [1.54, 1.807) is 18.2 Å². The molecule has 3 N–H and O–H groups in total. The number of nitrogen functional groups attached to an aromatic ring is 1. The molecular weight excluding hydrogens is 298 g/mol. The first kappa shape index (κ1) is 14.6. The fourth-order valence-electron chi connectivity index (χ4n) is 1.57. The molecule has 0 bridgehead atoms. The SMILES string of the molecule is Nc1cc(SCC(=O)O)nc(Cc2ccc(Cl)cc2)n1. The number of anilines is 1. The van der Waals surface area contributed by atoms with Gasteiger partial charge in [0.1, 0.15) is 16.7 Å². The molecule has 0 radical (unpaired) electrons. The zero-order valence-electron chi connectivity index (χ0n) is 10.4. The summed E-state index contributed by atoms with van der Waals surface area (Å²) in [7, 11) is 0. The van der Waals surface area contributed by atoms with E-state index in [1.165, 1.54) is 0 Å². The van der Waals surface area contributed by atoms with Crippen molar-refractivity contribution in [1.82, 2.24) is 9.97 Å². The van der Waals surface area contributed by atoms with E-state index in [0.29, 0.717) is 28.1 Å². The number of thioether (sulfide) groups is 1. The molecule has 0 saturated heterocycles. The minimum Gasteiger partial charge on any atom is -0.481 e. The van der Waals surface area contributed by atoms with Gasteiger partial charge in [-0.3, -0.25) is 4.79 Å². The lowest BCUT2D eigenvalue weighted by molar-refractivity contribution is -0.133. The number of carbonyl (C=O) groups is 1. The topological polar surface area (TPSA) is 89.1 Å². The number of nitrogens with two attached hydrogens (primary N) is 1. The fraction of sp³-hybridized carbons (Fsp3) is 0.154. The van der Waals surface area contributed by atoms with Crippen LogP contribution < -0.4 is 5.73 Å². The van der Waals surface area contributed by atoms with Crippen LogP contribution in [0.2, 0.25) is 5.02 Å². The molecule has 0 atom stereocenters. The van der Waals surface area contributed by atoms with Crippen molar-refractivity contribution in [3.05, 3.63) is 46.7 Å². The third-order valence-electron chi connectivity index (χ3n) is 2.39. The van der Waals surface area contributed by atoms with Crippen molar-refractivity contribution in [3.63, 3.8) is 0 Å². The second kappa shape index (κ2) is 6.58. The smallest absolute Gasteiger partial charge is 0.313 e. The Kier molecular flexibility index (Phi) is 4.81. The number of carboxylic acid groups (broad SMARTS) is 1. The molecule has 0 aliphatic rings. The van der Waals surface area contributed by atoms with Gasteiger partial charge in [0, 0.05) is 17.5 Å². The molecule has 104 valence electrons. The Hall–Kier alpha value is -1.79. The Balaban J connectivity index is 2.14. The molecule has 0 amide bonds. The minimum absolute atomic E-state index is 0.0587. The van der Waals surface area contributed by atoms with E-state index in [9.17, 15) is 4.79 Å². The van der Waals surface area contributed by atoms with Crippen LogP contribution in [0, 0.1) is 0 Å². The van der Waals surface area contributed by atoms with Gasteiger partial charge in [-0.15, -0.1) is 0 Å². The van der Waals surface area contributed by atoms with Crippen molar-refractivity contribution in [2.45, 2.75) is 11.4 Å². The molecule has 1 aromatic carbocycles. The highest BCUT2D eigenvalue weighted by molar-refractivity contribution is 7.99. The molecular formula is C13H12ClN3O2S. The summed E-state index contributed by atoms with van der Waals surface area (Å²) in [5.74, 6) is -0.0693. The Labute approximate surface area is 125 Å². The molecule has 0 aliphatic carbocycles. The van der Waals surface area contributed by atoms with E-state index in [2.05, 4.69) is 9.97 Å². The van der Waals surface area contributed by atoms with E-state index < -0.39 is 5.97 Å². The fourth-order valence-corrected chi connectivity index (χ4v) is 2.34. The molecule has 0 fully saturated rings. The highest BCUT2D eigenvalue weighted by Crippen LogP contribution is 2.19. The average Bonchev–Trinajstić information content (AvgIpc) is 2.38. The maximum Gasteiger partial charge on any atom is 0.313 e. The number of hydrogen-bond donors (Lipinski definition) is 2. The molecule has 1 heterocycles. The van der Waals surface area contributed by atoms with Crippen molar-refractivity contribution >= 4 is 35.1 Å². The summed E-state index contributed by atoms with van der Waals surface area (Å²) in [5, 5.41) is 9.89. The van der Waals surface area contributed by atoms with Gasteiger partial charge < -0.3 is 10.8 Å². The summed E-state index contributed by atoms with van der Waals surface area (Å²) in [6, 6.07) is 8.93. The zero-order valence-corrected chi connectivity index (χ0v) is 12.0. The van der Waals surface area contributed by atoms with Gasteiger partial charge in [-0.2, -0.15) is 0 Å². The van der Waals surface area contributed by atoms with Crippen LogP contribution in [0.5, 0.6) is 0 Å². The van der Waals surface area contributed by atoms with Crippen molar-refractivity contribution in [1.29, 1.82) is 0 Å². The van der Waals surface area contributed by atoms with E-state index in [1.807, 2.05) is 12.1 Å². The second-order valence-corrected chi connectivity index (χ2v) is 5.46. The van der Waals surface area contributed by atoms with E-state index in [-0.39, 0.29) is 5.75 Å². The lowest BCUT2D eigenvalue weighted by Gasteiger charge is -2.05. The van der Waals surface area contributed by atoms with Crippen molar-refractivity contribution in [3.8, 4) is 0 Å². The Morgan fingerprint density at radius 2 is 2.00 bits per heavy atom. The third kappa shape index (κ3) is 4.40. The predicted molar refractivity (Wildman–Crippen MR) is 79.1 cm³/mol. The third-order valence-corrected chi connectivity index (χ3v) is 3.54. The molecule has 0 spiro atoms. The van der Waals surface area contributed by atoms with Crippen LogP contribution in [0.1, 0.15) is 11.4 Å². The van der Waals surface area contributed by atoms with Crippen molar-refractivity contribution < 1.29 is 9.90 Å². The first-order valence-corrected chi connectivity index (χ1v) is 7.12. The lowest BCUT2D eigenvalue weighted by Crippen LogP contribution is -2.03. The van der Waals surface area contributed by atoms with Gasteiger partial charge >= 0.3 is 5.97 Å². The number of aromatic nitrogens is 2. The molecule has 5 nitrogen and oxygen atoms in total. The van der Waals surface area contributed by atoms with Crippen LogP contribution in [0.25, 0.3) is 0 Å². The molecule has 2 aromatic rings. The quantitative estimate of drug-likeness (QED) is 0.651. The van der Waals surface area contributed by atoms with E-state index in [4.69, 9.17) is 22.4 Å². The summed E-state index contributed by atoms with van der Waals surface area (Å²) >= 11 is 6.94. The lowest BCUT2D eigenvalue weighted by atomic mass is 10.1. The van der Waals surface area contributed by atoms with Gasteiger partial charge in [-0.25, -0.2) is 9.97 Å². The normalized spacial score (nSPS) is 10.4. The molecule has 0 saturated carbocycles.